The fraction of sp³-hybridized carbons (Fsp3) is 0.273. The molecule has 15 heavy (non-hydrogen) atoms. The molecular formula is C11H11NO3. The number of nitrogens with zero attached hydrogens (tertiary/aromatic N) is 1. The largest absolute Gasteiger partial charge is 0.497 e. The first-order valence-corrected chi connectivity index (χ1v) is 4.34. The fourth-order valence-electron chi connectivity index (χ4n) is 1.16. The third-order valence-corrected chi connectivity index (χ3v) is 2.32. The molecule has 0 amide bonds. The molecule has 0 radical (unpaired) electrons. The van der Waals surface area contributed by atoms with E-state index in [0.717, 1.165) is 0 Å². The Morgan fingerprint density at radius 3 is 2.33 bits per heavy atom. The average Bonchev–Trinajstić information content (AvgIpc) is 2.28. The Balaban J connectivity index is 3.15. The SMILES string of the molecule is COc1ccc(C(C)(C#N)C(=O)O)cc1. The number of hydrogen-bond acceptors (Lipinski definition) is 3. The van der Waals surface area contributed by atoms with Crippen LogP contribution in [0.1, 0.15) is 12.5 Å². The van der Waals surface area contributed by atoms with Gasteiger partial charge in [0.15, 0.2) is 5.41 Å². The van der Waals surface area contributed by atoms with E-state index in [4.69, 9.17) is 15.1 Å². The number of nitriles is 1. The molecule has 0 aliphatic carbocycles. The molecule has 0 aliphatic heterocycles. The number of carbonyl (C=O) groups is 1. The first-order chi connectivity index (χ1) is 7.04. The molecule has 1 N–H and O–H groups in total. The van der Waals surface area contributed by atoms with Gasteiger partial charge in [0, 0.05) is 0 Å². The van der Waals surface area contributed by atoms with E-state index in [1.54, 1.807) is 30.3 Å². The van der Waals surface area contributed by atoms with Crippen molar-refractivity contribution in [2.75, 3.05) is 7.11 Å². The van der Waals surface area contributed by atoms with Crippen LogP contribution in [-0.4, -0.2) is 18.2 Å². The van der Waals surface area contributed by atoms with Gasteiger partial charge in [0.2, 0.25) is 0 Å². The Morgan fingerprint density at radius 2 is 2.00 bits per heavy atom. The van der Waals surface area contributed by atoms with E-state index in [1.807, 2.05) is 0 Å². The van der Waals surface area contributed by atoms with Crippen molar-refractivity contribution in [1.29, 1.82) is 5.26 Å². The Morgan fingerprint density at radius 1 is 1.47 bits per heavy atom. The molecule has 4 nitrogen and oxygen atoms in total. The summed E-state index contributed by atoms with van der Waals surface area (Å²) in [5, 5.41) is 17.8. The molecule has 0 saturated heterocycles. The molecule has 1 aromatic rings. The summed E-state index contributed by atoms with van der Waals surface area (Å²) in [5.74, 6) is -0.528. The van der Waals surface area contributed by atoms with Gasteiger partial charge in [0.25, 0.3) is 0 Å². The third kappa shape index (κ3) is 1.91. The maximum atomic E-state index is 11.0. The maximum Gasteiger partial charge on any atom is 0.328 e. The number of benzene rings is 1. The van der Waals surface area contributed by atoms with Crippen LogP contribution < -0.4 is 4.74 Å². The molecule has 78 valence electrons. The normalized spacial score (nSPS) is 13.7. The van der Waals surface area contributed by atoms with E-state index in [2.05, 4.69) is 0 Å². The minimum absolute atomic E-state index is 0.443. The van der Waals surface area contributed by atoms with Crippen molar-refractivity contribution < 1.29 is 14.6 Å². The minimum Gasteiger partial charge on any atom is -0.497 e. The lowest BCUT2D eigenvalue weighted by atomic mass is 9.84. The van der Waals surface area contributed by atoms with Gasteiger partial charge in [-0.15, -0.1) is 0 Å². The number of hydrogen-bond donors (Lipinski definition) is 1. The summed E-state index contributed by atoms with van der Waals surface area (Å²) in [7, 11) is 1.52. The third-order valence-electron chi connectivity index (χ3n) is 2.32. The molecule has 1 unspecified atom stereocenters. The van der Waals surface area contributed by atoms with Crippen molar-refractivity contribution in [2.45, 2.75) is 12.3 Å². The monoisotopic (exact) mass is 205 g/mol. The topological polar surface area (TPSA) is 70.3 Å². The number of ether oxygens (including phenoxy) is 1. The molecule has 4 heteroatoms. The summed E-state index contributed by atoms with van der Waals surface area (Å²) < 4.78 is 4.95. The van der Waals surface area contributed by atoms with Crippen LogP contribution in [-0.2, 0) is 10.2 Å². The van der Waals surface area contributed by atoms with Crippen LogP contribution in [0.25, 0.3) is 0 Å². The van der Waals surface area contributed by atoms with Crippen LogP contribution in [0.2, 0.25) is 0 Å². The Bertz CT molecular complexity index is 405. The minimum atomic E-state index is -1.51. The van der Waals surface area contributed by atoms with Gasteiger partial charge in [-0.05, 0) is 24.6 Å². The molecule has 0 fully saturated rings. The molecular weight excluding hydrogens is 194 g/mol. The van der Waals surface area contributed by atoms with E-state index in [1.165, 1.54) is 14.0 Å². The van der Waals surface area contributed by atoms with Crippen LogP contribution in [0.15, 0.2) is 24.3 Å². The van der Waals surface area contributed by atoms with Crippen LogP contribution in [0.3, 0.4) is 0 Å². The van der Waals surface area contributed by atoms with E-state index in [9.17, 15) is 4.79 Å². The second-order valence-corrected chi connectivity index (χ2v) is 3.27. The van der Waals surface area contributed by atoms with Crippen molar-refractivity contribution in [3.63, 3.8) is 0 Å². The number of carboxylic acid groups (broad SMARTS) is 1. The molecule has 0 aliphatic rings. The summed E-state index contributed by atoms with van der Waals surface area (Å²) in [5.41, 5.74) is -1.06. The van der Waals surface area contributed by atoms with E-state index in [0.29, 0.717) is 11.3 Å². The van der Waals surface area contributed by atoms with Gasteiger partial charge in [-0.2, -0.15) is 5.26 Å². The highest BCUT2D eigenvalue weighted by Crippen LogP contribution is 2.25. The lowest BCUT2D eigenvalue weighted by Crippen LogP contribution is -2.30. The van der Waals surface area contributed by atoms with Crippen molar-refractivity contribution in [3.8, 4) is 11.8 Å². The summed E-state index contributed by atoms with van der Waals surface area (Å²) in [6, 6.07) is 8.22. The smallest absolute Gasteiger partial charge is 0.328 e. The van der Waals surface area contributed by atoms with E-state index < -0.39 is 11.4 Å². The van der Waals surface area contributed by atoms with Gasteiger partial charge in [0.05, 0.1) is 13.2 Å². The van der Waals surface area contributed by atoms with Gasteiger partial charge >= 0.3 is 5.97 Å². The molecule has 0 bridgehead atoms. The summed E-state index contributed by atoms with van der Waals surface area (Å²) in [4.78, 5) is 11.0. The van der Waals surface area contributed by atoms with Gasteiger partial charge in [0.1, 0.15) is 5.75 Å². The Hall–Kier alpha value is -2.02. The summed E-state index contributed by atoms with van der Waals surface area (Å²) >= 11 is 0. The first kappa shape index (κ1) is 11.1. The zero-order chi connectivity index (χ0) is 11.5. The zero-order valence-corrected chi connectivity index (χ0v) is 8.52. The number of rotatable bonds is 3. The molecule has 0 heterocycles. The Labute approximate surface area is 87.7 Å². The molecule has 1 rings (SSSR count). The molecule has 1 aromatic carbocycles. The van der Waals surface area contributed by atoms with Gasteiger partial charge < -0.3 is 9.84 Å². The predicted octanol–water partition coefficient (Wildman–Crippen LogP) is 1.56. The van der Waals surface area contributed by atoms with Crippen molar-refractivity contribution >= 4 is 5.97 Å². The Kier molecular flexibility index (Phi) is 2.96. The summed E-state index contributed by atoms with van der Waals surface area (Å²) in [6.45, 7) is 1.37. The predicted molar refractivity (Wildman–Crippen MR) is 53.6 cm³/mol. The van der Waals surface area contributed by atoms with Crippen LogP contribution in [0.4, 0.5) is 0 Å². The quantitative estimate of drug-likeness (QED) is 0.812. The zero-order valence-electron chi connectivity index (χ0n) is 8.52. The van der Waals surface area contributed by atoms with E-state index >= 15 is 0 Å². The molecule has 0 saturated carbocycles. The maximum absolute atomic E-state index is 11.0. The van der Waals surface area contributed by atoms with Gasteiger partial charge in [-0.25, -0.2) is 0 Å². The number of methoxy groups -OCH3 is 1. The molecule has 0 aromatic heterocycles. The van der Waals surface area contributed by atoms with Crippen LogP contribution >= 0.6 is 0 Å². The van der Waals surface area contributed by atoms with Gasteiger partial charge in [-0.1, -0.05) is 12.1 Å². The van der Waals surface area contributed by atoms with E-state index in [-0.39, 0.29) is 0 Å². The highest BCUT2D eigenvalue weighted by atomic mass is 16.5. The van der Waals surface area contributed by atoms with Crippen molar-refractivity contribution in [1.82, 2.24) is 0 Å². The molecule has 1 atom stereocenters. The van der Waals surface area contributed by atoms with Crippen LogP contribution in [0, 0.1) is 11.3 Å². The molecule has 0 spiro atoms. The highest BCUT2D eigenvalue weighted by Gasteiger charge is 2.35. The average molecular weight is 205 g/mol. The standard InChI is InChI=1S/C11H11NO3/c1-11(7-12,10(13)14)8-3-5-9(15-2)6-4-8/h3-6H,1-2H3,(H,13,14). The van der Waals surface area contributed by atoms with Gasteiger partial charge in [-0.3, -0.25) is 4.79 Å². The summed E-state index contributed by atoms with van der Waals surface area (Å²) in [6.07, 6.45) is 0. The fourth-order valence-corrected chi connectivity index (χ4v) is 1.16. The lowest BCUT2D eigenvalue weighted by Gasteiger charge is -2.16. The number of carboxylic acids is 1. The number of aliphatic carboxylic acids is 1. The lowest BCUT2D eigenvalue weighted by molar-refractivity contribution is -0.141. The van der Waals surface area contributed by atoms with Crippen molar-refractivity contribution in [2.24, 2.45) is 0 Å². The highest BCUT2D eigenvalue weighted by molar-refractivity contribution is 5.84. The van der Waals surface area contributed by atoms with Crippen LogP contribution in [0.5, 0.6) is 5.75 Å². The second-order valence-electron chi connectivity index (χ2n) is 3.27. The van der Waals surface area contributed by atoms with Crippen molar-refractivity contribution in [3.05, 3.63) is 29.8 Å². The second kappa shape index (κ2) is 4.01. The first-order valence-electron chi connectivity index (χ1n) is 4.34.